The summed E-state index contributed by atoms with van der Waals surface area (Å²) in [6, 6.07) is 0. The Morgan fingerprint density at radius 2 is 2.13 bits per heavy atom. The summed E-state index contributed by atoms with van der Waals surface area (Å²) in [5.41, 5.74) is -0.489. The normalized spacial score (nSPS) is 14.2. The van der Waals surface area contributed by atoms with Crippen molar-refractivity contribution in [3.05, 3.63) is 11.5 Å². The van der Waals surface area contributed by atoms with E-state index in [-0.39, 0.29) is 6.61 Å². The topological polar surface area (TPSA) is 66.8 Å². The van der Waals surface area contributed by atoms with Gasteiger partial charge in [0.05, 0.1) is 12.7 Å². The lowest BCUT2D eigenvalue weighted by Crippen LogP contribution is -2.22. The molecule has 2 N–H and O–H groups in total. The highest BCUT2D eigenvalue weighted by Crippen LogP contribution is 2.09. The van der Waals surface area contributed by atoms with Gasteiger partial charge in [0.1, 0.15) is 5.60 Å². The highest BCUT2D eigenvalue weighted by Gasteiger charge is 2.13. The predicted octanol–water partition coefficient (Wildman–Crippen LogP) is 0.928. The van der Waals surface area contributed by atoms with E-state index in [1.54, 1.807) is 26.2 Å². The number of hydrogen-bond donors (Lipinski definition) is 2. The fraction of sp³-hybridized carbons (Fsp3) is 0.700. The van der Waals surface area contributed by atoms with E-state index in [4.69, 9.17) is 14.9 Å². The first-order chi connectivity index (χ1) is 6.85. The van der Waals surface area contributed by atoms with Crippen molar-refractivity contribution in [1.82, 2.24) is 0 Å². The number of esters is 1. The molecule has 0 spiro atoms. The fourth-order valence-corrected chi connectivity index (χ4v) is 1.30. The summed E-state index contributed by atoms with van der Waals surface area (Å²) in [5.74, 6) is -0.0519. The van der Waals surface area contributed by atoms with Crippen LogP contribution in [0.5, 0.6) is 0 Å². The standard InChI is InChI=1S/C10H18O4S/c1-10(2,3)14-9(13)4-5-15-7-8(12)6-11/h4-5,8,11-12H,6-7H2,1-3H3/b5-4-. The van der Waals surface area contributed by atoms with Crippen LogP contribution in [-0.2, 0) is 9.53 Å². The Labute approximate surface area is 94.3 Å². The quantitative estimate of drug-likeness (QED) is 0.547. The molecule has 0 aromatic carbocycles. The maximum atomic E-state index is 11.1. The Balaban J connectivity index is 3.73. The summed E-state index contributed by atoms with van der Waals surface area (Å²) >= 11 is 1.25. The second-order valence-electron chi connectivity index (χ2n) is 4.01. The molecule has 0 saturated heterocycles. The van der Waals surface area contributed by atoms with Crippen LogP contribution in [0.1, 0.15) is 20.8 Å². The Bertz CT molecular complexity index is 220. The Morgan fingerprint density at radius 1 is 1.53 bits per heavy atom. The Morgan fingerprint density at radius 3 is 2.60 bits per heavy atom. The first kappa shape index (κ1) is 14.5. The second kappa shape index (κ2) is 6.87. The van der Waals surface area contributed by atoms with Crippen LogP contribution in [0.25, 0.3) is 0 Å². The molecule has 0 rings (SSSR count). The molecule has 1 atom stereocenters. The molecule has 5 heteroatoms. The molecule has 0 heterocycles. The maximum Gasteiger partial charge on any atom is 0.331 e. The molecular weight excluding hydrogens is 216 g/mol. The third-order valence-electron chi connectivity index (χ3n) is 1.21. The number of carbonyl (C=O) groups is 1. The van der Waals surface area contributed by atoms with Crippen LogP contribution in [0.3, 0.4) is 0 Å². The number of carbonyl (C=O) groups excluding carboxylic acids is 1. The molecule has 88 valence electrons. The molecule has 0 aliphatic rings. The largest absolute Gasteiger partial charge is 0.457 e. The van der Waals surface area contributed by atoms with E-state index in [1.165, 1.54) is 17.8 Å². The minimum atomic E-state index is -0.752. The molecule has 0 fully saturated rings. The van der Waals surface area contributed by atoms with Gasteiger partial charge in [0, 0.05) is 11.8 Å². The second-order valence-corrected chi connectivity index (χ2v) is 4.94. The van der Waals surface area contributed by atoms with E-state index in [9.17, 15) is 4.79 Å². The van der Waals surface area contributed by atoms with E-state index in [1.807, 2.05) is 0 Å². The van der Waals surface area contributed by atoms with Gasteiger partial charge < -0.3 is 14.9 Å². The van der Waals surface area contributed by atoms with E-state index < -0.39 is 17.7 Å². The van der Waals surface area contributed by atoms with Gasteiger partial charge in [0.2, 0.25) is 0 Å². The van der Waals surface area contributed by atoms with Crippen LogP contribution in [0.15, 0.2) is 11.5 Å². The van der Waals surface area contributed by atoms with Crippen molar-refractivity contribution in [3.8, 4) is 0 Å². The van der Waals surface area contributed by atoms with Crippen molar-refractivity contribution < 1.29 is 19.7 Å². The summed E-state index contributed by atoms with van der Waals surface area (Å²) in [6.45, 7) is 5.11. The fourth-order valence-electron chi connectivity index (χ4n) is 0.659. The molecule has 4 nitrogen and oxygen atoms in total. The molecule has 0 aliphatic heterocycles. The van der Waals surface area contributed by atoms with Gasteiger partial charge in [-0.3, -0.25) is 0 Å². The van der Waals surface area contributed by atoms with Crippen LogP contribution in [-0.4, -0.2) is 40.2 Å². The lowest BCUT2D eigenvalue weighted by atomic mass is 10.2. The highest BCUT2D eigenvalue weighted by molar-refractivity contribution is 8.02. The van der Waals surface area contributed by atoms with Gasteiger partial charge in [-0.15, -0.1) is 11.8 Å². The van der Waals surface area contributed by atoms with Crippen LogP contribution < -0.4 is 0 Å². The SMILES string of the molecule is CC(C)(C)OC(=O)/C=C\SCC(O)CO. The molecule has 1 unspecified atom stereocenters. The van der Waals surface area contributed by atoms with Gasteiger partial charge in [-0.2, -0.15) is 0 Å². The third kappa shape index (κ3) is 9.78. The maximum absolute atomic E-state index is 11.1. The lowest BCUT2D eigenvalue weighted by Gasteiger charge is -2.17. The van der Waals surface area contributed by atoms with E-state index in [0.717, 1.165) is 0 Å². The third-order valence-corrected chi connectivity index (χ3v) is 2.11. The van der Waals surface area contributed by atoms with Crippen molar-refractivity contribution in [2.24, 2.45) is 0 Å². The summed E-state index contributed by atoms with van der Waals surface area (Å²) in [6.07, 6.45) is 0.554. The van der Waals surface area contributed by atoms with Crippen molar-refractivity contribution in [1.29, 1.82) is 0 Å². The van der Waals surface area contributed by atoms with Crippen LogP contribution in [0, 0.1) is 0 Å². The molecular formula is C10H18O4S. The monoisotopic (exact) mass is 234 g/mol. The minimum absolute atomic E-state index is 0.271. The zero-order valence-electron chi connectivity index (χ0n) is 9.27. The first-order valence-electron chi connectivity index (χ1n) is 4.65. The number of thioether (sulfide) groups is 1. The lowest BCUT2D eigenvalue weighted by molar-refractivity contribution is -0.148. The molecule has 0 aromatic heterocycles. The summed E-state index contributed by atoms with van der Waals surface area (Å²) < 4.78 is 5.02. The number of hydrogen-bond acceptors (Lipinski definition) is 5. The molecule has 0 aliphatic carbocycles. The van der Waals surface area contributed by atoms with Gasteiger partial charge in [-0.05, 0) is 26.2 Å². The van der Waals surface area contributed by atoms with Gasteiger partial charge in [-0.1, -0.05) is 0 Å². The number of ether oxygens (including phenoxy) is 1. The van der Waals surface area contributed by atoms with E-state index in [2.05, 4.69) is 0 Å². The Kier molecular flexibility index (Phi) is 6.63. The molecule has 0 radical (unpaired) electrons. The number of aliphatic hydroxyl groups excluding tert-OH is 2. The summed E-state index contributed by atoms with van der Waals surface area (Å²) in [4.78, 5) is 11.1. The average Bonchev–Trinajstić information content (AvgIpc) is 2.09. The van der Waals surface area contributed by atoms with Crippen molar-refractivity contribution in [2.45, 2.75) is 32.5 Å². The van der Waals surface area contributed by atoms with Crippen LogP contribution >= 0.6 is 11.8 Å². The van der Waals surface area contributed by atoms with Gasteiger partial charge in [0.15, 0.2) is 0 Å². The van der Waals surface area contributed by atoms with E-state index >= 15 is 0 Å². The molecule has 15 heavy (non-hydrogen) atoms. The van der Waals surface area contributed by atoms with Crippen molar-refractivity contribution >= 4 is 17.7 Å². The van der Waals surface area contributed by atoms with Crippen molar-refractivity contribution in [2.75, 3.05) is 12.4 Å². The average molecular weight is 234 g/mol. The molecule has 0 bridgehead atoms. The molecule has 0 amide bonds. The predicted molar refractivity (Wildman–Crippen MR) is 60.5 cm³/mol. The van der Waals surface area contributed by atoms with Gasteiger partial charge in [0.25, 0.3) is 0 Å². The van der Waals surface area contributed by atoms with Crippen LogP contribution in [0.4, 0.5) is 0 Å². The minimum Gasteiger partial charge on any atom is -0.457 e. The highest BCUT2D eigenvalue weighted by atomic mass is 32.2. The van der Waals surface area contributed by atoms with Gasteiger partial charge >= 0.3 is 5.97 Å². The number of aliphatic hydroxyl groups is 2. The first-order valence-corrected chi connectivity index (χ1v) is 5.70. The smallest absolute Gasteiger partial charge is 0.331 e. The molecule has 0 aromatic rings. The zero-order chi connectivity index (χ0) is 11.9. The van der Waals surface area contributed by atoms with Crippen LogP contribution in [0.2, 0.25) is 0 Å². The zero-order valence-corrected chi connectivity index (χ0v) is 10.1. The molecule has 0 saturated carbocycles. The van der Waals surface area contributed by atoms with E-state index in [0.29, 0.717) is 5.75 Å². The summed E-state index contributed by atoms with van der Waals surface area (Å²) in [5, 5.41) is 19.1. The van der Waals surface area contributed by atoms with Gasteiger partial charge in [-0.25, -0.2) is 4.79 Å². The number of rotatable bonds is 5. The summed E-state index contributed by atoms with van der Waals surface area (Å²) in [7, 11) is 0. The van der Waals surface area contributed by atoms with Crippen molar-refractivity contribution in [3.63, 3.8) is 0 Å². The Hall–Kier alpha value is -0.520.